The van der Waals surface area contributed by atoms with Crippen LogP contribution in [0, 0.1) is 11.8 Å². The topological polar surface area (TPSA) is 32.3 Å². The smallest absolute Gasteiger partial charge is 0.356 e. The largest absolute Gasteiger partial charge is 0.416 e. The van der Waals surface area contributed by atoms with Gasteiger partial charge in [-0.3, -0.25) is 9.69 Å². The molecule has 0 atom stereocenters. The van der Waals surface area contributed by atoms with E-state index >= 15 is 0 Å². The Balaban J connectivity index is 1.43. The van der Waals surface area contributed by atoms with Crippen molar-refractivity contribution in [1.82, 2.24) is 10.2 Å². The predicted octanol–water partition coefficient (Wildman–Crippen LogP) is 4.69. The first kappa shape index (κ1) is 22.3. The second-order valence-electron chi connectivity index (χ2n) is 8.54. The Morgan fingerprint density at radius 3 is 2.30 bits per heavy atom. The molecule has 0 spiro atoms. The van der Waals surface area contributed by atoms with Crippen molar-refractivity contribution in [3.63, 3.8) is 0 Å². The molecular weight excluding hydrogens is 389 g/mol. The van der Waals surface area contributed by atoms with E-state index < -0.39 is 11.7 Å². The summed E-state index contributed by atoms with van der Waals surface area (Å²) in [5.41, 5.74) is 2.38. The molecule has 0 radical (unpaired) electrons. The van der Waals surface area contributed by atoms with E-state index in [2.05, 4.69) is 36.2 Å². The van der Waals surface area contributed by atoms with Gasteiger partial charge < -0.3 is 5.32 Å². The van der Waals surface area contributed by atoms with Gasteiger partial charge in [-0.15, -0.1) is 0 Å². The summed E-state index contributed by atoms with van der Waals surface area (Å²) >= 11 is 0. The average molecular weight is 419 g/mol. The van der Waals surface area contributed by atoms with Crippen LogP contribution in [0.1, 0.15) is 36.1 Å². The van der Waals surface area contributed by atoms with Crippen LogP contribution in [0.25, 0.3) is 0 Å². The second kappa shape index (κ2) is 9.65. The van der Waals surface area contributed by atoms with E-state index in [4.69, 9.17) is 0 Å². The summed E-state index contributed by atoms with van der Waals surface area (Å²) < 4.78 is 38.5. The third-order valence-electron chi connectivity index (χ3n) is 5.40. The van der Waals surface area contributed by atoms with Crippen LogP contribution in [0.4, 0.5) is 13.2 Å². The van der Waals surface area contributed by atoms with Gasteiger partial charge in [-0.25, -0.2) is 0 Å². The molecule has 1 heterocycles. The minimum atomic E-state index is -4.30. The molecule has 0 aromatic heterocycles. The number of nitrogens with one attached hydrogen (secondary N) is 1. The monoisotopic (exact) mass is 418 g/mol. The zero-order valence-corrected chi connectivity index (χ0v) is 17.5. The fourth-order valence-corrected chi connectivity index (χ4v) is 3.58. The maximum absolute atomic E-state index is 12.8. The van der Waals surface area contributed by atoms with E-state index in [1.165, 1.54) is 17.7 Å². The van der Waals surface area contributed by atoms with Crippen molar-refractivity contribution in [2.45, 2.75) is 39.4 Å². The molecular formula is C24H29F3N2O. The fourth-order valence-electron chi connectivity index (χ4n) is 3.58. The van der Waals surface area contributed by atoms with Gasteiger partial charge in [-0.1, -0.05) is 56.3 Å². The van der Waals surface area contributed by atoms with E-state index in [1.807, 2.05) is 12.1 Å². The third-order valence-corrected chi connectivity index (χ3v) is 5.40. The molecule has 1 fully saturated rings. The highest BCUT2D eigenvalue weighted by molar-refractivity contribution is 5.80. The minimum Gasteiger partial charge on any atom is -0.356 e. The summed E-state index contributed by atoms with van der Waals surface area (Å²) in [4.78, 5) is 14.3. The highest BCUT2D eigenvalue weighted by Gasteiger charge is 2.32. The first-order chi connectivity index (χ1) is 14.2. The molecule has 162 valence electrons. The number of carbonyl (C=O) groups excluding carboxylic acids is 1. The van der Waals surface area contributed by atoms with Crippen LogP contribution in [-0.2, 0) is 30.4 Å². The molecule has 6 heteroatoms. The number of benzene rings is 2. The van der Waals surface area contributed by atoms with E-state index in [0.29, 0.717) is 24.3 Å². The summed E-state index contributed by atoms with van der Waals surface area (Å²) in [6.07, 6.45) is -3.03. The normalized spacial score (nSPS) is 15.3. The summed E-state index contributed by atoms with van der Waals surface area (Å²) in [7, 11) is 0. The number of likely N-dealkylation sites (tertiary alicyclic amines) is 1. The van der Waals surface area contributed by atoms with E-state index in [1.54, 1.807) is 6.07 Å². The van der Waals surface area contributed by atoms with Crippen molar-refractivity contribution in [3.8, 4) is 0 Å². The molecule has 0 saturated carbocycles. The zero-order chi connectivity index (χ0) is 21.7. The highest BCUT2D eigenvalue weighted by atomic mass is 19.4. The molecule has 0 aliphatic carbocycles. The lowest BCUT2D eigenvalue weighted by atomic mass is 9.97. The Kier molecular flexibility index (Phi) is 7.19. The van der Waals surface area contributed by atoms with Crippen molar-refractivity contribution in [1.29, 1.82) is 0 Å². The molecule has 1 aliphatic heterocycles. The number of aryl methyl sites for hydroxylation is 2. The number of alkyl halides is 3. The lowest BCUT2D eigenvalue weighted by molar-refractivity contribution is -0.137. The summed E-state index contributed by atoms with van der Waals surface area (Å²) in [6, 6.07) is 13.7. The average Bonchev–Trinajstić information content (AvgIpc) is 2.67. The quantitative estimate of drug-likeness (QED) is 0.674. The number of hydrogen-bond acceptors (Lipinski definition) is 2. The number of carbonyl (C=O) groups is 1. The van der Waals surface area contributed by atoms with Crippen molar-refractivity contribution in [3.05, 3.63) is 70.8 Å². The van der Waals surface area contributed by atoms with E-state index in [9.17, 15) is 18.0 Å². The highest BCUT2D eigenvalue weighted by Crippen LogP contribution is 2.29. The molecule has 2 aromatic carbocycles. The lowest BCUT2D eigenvalue weighted by Gasteiger charge is -2.38. The van der Waals surface area contributed by atoms with Gasteiger partial charge in [0.05, 0.1) is 11.5 Å². The molecule has 3 nitrogen and oxygen atoms in total. The molecule has 1 N–H and O–H groups in total. The Labute approximate surface area is 176 Å². The number of rotatable bonds is 8. The van der Waals surface area contributed by atoms with Gasteiger partial charge in [0.15, 0.2) is 0 Å². The van der Waals surface area contributed by atoms with Crippen LogP contribution < -0.4 is 5.32 Å². The molecule has 30 heavy (non-hydrogen) atoms. The van der Waals surface area contributed by atoms with Crippen LogP contribution in [-0.4, -0.2) is 30.4 Å². The number of hydrogen-bond donors (Lipinski definition) is 1. The fraction of sp³-hybridized carbons (Fsp3) is 0.458. The first-order valence-electron chi connectivity index (χ1n) is 10.4. The second-order valence-corrected chi connectivity index (χ2v) is 8.54. The summed E-state index contributed by atoms with van der Waals surface area (Å²) in [6.45, 7) is 7.24. The summed E-state index contributed by atoms with van der Waals surface area (Å²) in [5.74, 6) is 0.678. The van der Waals surface area contributed by atoms with Crippen LogP contribution >= 0.6 is 0 Å². The molecule has 1 aliphatic rings. The summed E-state index contributed by atoms with van der Waals surface area (Å²) in [5, 5.41) is 2.99. The zero-order valence-electron chi connectivity index (χ0n) is 17.5. The Hall–Kier alpha value is -2.34. The third kappa shape index (κ3) is 6.33. The van der Waals surface area contributed by atoms with Crippen LogP contribution in [0.5, 0.6) is 0 Å². The SMILES string of the molecule is CC(C)CNC(=O)C1CN(Cc2ccc(CCc3cccc(C(F)(F)F)c3)cc2)C1. The van der Waals surface area contributed by atoms with Gasteiger partial charge in [-0.2, -0.15) is 13.2 Å². The van der Waals surface area contributed by atoms with Crippen molar-refractivity contribution in [2.75, 3.05) is 19.6 Å². The van der Waals surface area contributed by atoms with Gasteiger partial charge in [0, 0.05) is 26.2 Å². The molecule has 3 rings (SSSR count). The van der Waals surface area contributed by atoms with Crippen molar-refractivity contribution in [2.24, 2.45) is 11.8 Å². The number of nitrogens with zero attached hydrogens (tertiary/aromatic N) is 1. The van der Waals surface area contributed by atoms with Crippen molar-refractivity contribution >= 4 is 5.91 Å². The molecule has 1 amide bonds. The van der Waals surface area contributed by atoms with Gasteiger partial charge in [0.1, 0.15) is 0 Å². The Morgan fingerprint density at radius 2 is 1.67 bits per heavy atom. The molecule has 1 saturated heterocycles. The van der Waals surface area contributed by atoms with Crippen LogP contribution in [0.2, 0.25) is 0 Å². The van der Waals surface area contributed by atoms with Crippen LogP contribution in [0.3, 0.4) is 0 Å². The standard InChI is InChI=1S/C24H29F3N2O/c1-17(2)13-28-23(30)21-15-29(16-21)14-20-10-7-18(8-11-20)6-9-19-4-3-5-22(12-19)24(25,26)27/h3-5,7-8,10-12,17,21H,6,9,13-16H2,1-2H3,(H,28,30). The number of halogens is 3. The Bertz CT molecular complexity index is 840. The maximum atomic E-state index is 12.8. The molecule has 0 unspecified atom stereocenters. The van der Waals surface area contributed by atoms with Gasteiger partial charge >= 0.3 is 6.18 Å². The van der Waals surface area contributed by atoms with E-state index in [-0.39, 0.29) is 11.8 Å². The van der Waals surface area contributed by atoms with Gasteiger partial charge in [0.2, 0.25) is 5.91 Å². The van der Waals surface area contributed by atoms with E-state index in [0.717, 1.165) is 37.8 Å². The number of amides is 1. The lowest BCUT2D eigenvalue weighted by Crippen LogP contribution is -2.53. The Morgan fingerprint density at radius 1 is 1.03 bits per heavy atom. The van der Waals surface area contributed by atoms with Gasteiger partial charge in [-0.05, 0) is 41.5 Å². The van der Waals surface area contributed by atoms with Crippen molar-refractivity contribution < 1.29 is 18.0 Å². The predicted molar refractivity (Wildman–Crippen MR) is 112 cm³/mol. The molecule has 0 bridgehead atoms. The minimum absolute atomic E-state index is 0.0792. The first-order valence-corrected chi connectivity index (χ1v) is 10.4. The van der Waals surface area contributed by atoms with Crippen LogP contribution in [0.15, 0.2) is 48.5 Å². The van der Waals surface area contributed by atoms with Gasteiger partial charge in [0.25, 0.3) is 0 Å². The maximum Gasteiger partial charge on any atom is 0.416 e. The molecule has 2 aromatic rings.